The third-order valence-corrected chi connectivity index (χ3v) is 3.11. The number of amides is 1. The smallest absolute Gasteiger partial charge is 0.237 e. The molecule has 0 aliphatic heterocycles. The van der Waals surface area contributed by atoms with Crippen molar-refractivity contribution in [1.82, 2.24) is 4.90 Å². The number of carbonyl (C=O) groups excluding carboxylic acids is 1. The molecule has 0 rings (SSSR count). The highest BCUT2D eigenvalue weighted by Gasteiger charge is 2.26. The number of hydrogen-bond acceptors (Lipinski definition) is 3. The standard InChI is InChI=1S/C12H27N3O/c1-9(2)8-10(3)15(5)7-6-12(4,14)11(13)16/h9-10H,6-8,14H2,1-5H3,(H2,13,16). The summed E-state index contributed by atoms with van der Waals surface area (Å²) < 4.78 is 0. The van der Waals surface area contributed by atoms with E-state index in [1.165, 1.54) is 0 Å². The molecule has 0 aliphatic rings. The van der Waals surface area contributed by atoms with Crippen molar-refractivity contribution in [2.45, 2.75) is 52.1 Å². The summed E-state index contributed by atoms with van der Waals surface area (Å²) in [6.45, 7) is 9.10. The average Bonchev–Trinajstić information content (AvgIpc) is 2.12. The van der Waals surface area contributed by atoms with E-state index in [1.807, 2.05) is 0 Å². The van der Waals surface area contributed by atoms with Crippen molar-refractivity contribution in [1.29, 1.82) is 0 Å². The number of nitrogens with two attached hydrogens (primary N) is 2. The van der Waals surface area contributed by atoms with E-state index in [1.54, 1.807) is 6.92 Å². The summed E-state index contributed by atoms with van der Waals surface area (Å²) in [5.74, 6) is 0.246. The number of primary amides is 1. The lowest BCUT2D eigenvalue weighted by atomic mass is 9.97. The summed E-state index contributed by atoms with van der Waals surface area (Å²) >= 11 is 0. The first-order valence-corrected chi connectivity index (χ1v) is 5.96. The van der Waals surface area contributed by atoms with Crippen LogP contribution in [0.1, 0.15) is 40.5 Å². The molecule has 4 heteroatoms. The predicted molar refractivity (Wildman–Crippen MR) is 68.0 cm³/mol. The number of hydrogen-bond donors (Lipinski definition) is 2. The molecule has 4 nitrogen and oxygen atoms in total. The topological polar surface area (TPSA) is 72.3 Å². The second-order valence-electron chi connectivity index (χ2n) is 5.49. The Balaban J connectivity index is 4.06. The second kappa shape index (κ2) is 6.21. The summed E-state index contributed by atoms with van der Waals surface area (Å²) in [5, 5.41) is 0. The Bertz CT molecular complexity index is 226. The van der Waals surface area contributed by atoms with Gasteiger partial charge in [-0.25, -0.2) is 0 Å². The molecule has 4 N–H and O–H groups in total. The zero-order valence-electron chi connectivity index (χ0n) is 11.3. The van der Waals surface area contributed by atoms with Gasteiger partial charge in [0.1, 0.15) is 0 Å². The van der Waals surface area contributed by atoms with E-state index in [2.05, 4.69) is 32.7 Å². The van der Waals surface area contributed by atoms with Crippen LogP contribution in [0.25, 0.3) is 0 Å². The minimum atomic E-state index is -0.897. The highest BCUT2D eigenvalue weighted by molar-refractivity contribution is 5.83. The Hall–Kier alpha value is -0.610. The molecular weight excluding hydrogens is 202 g/mol. The van der Waals surface area contributed by atoms with Crippen LogP contribution in [-0.4, -0.2) is 36.0 Å². The van der Waals surface area contributed by atoms with Crippen molar-refractivity contribution in [2.75, 3.05) is 13.6 Å². The van der Waals surface area contributed by atoms with Crippen molar-refractivity contribution in [3.8, 4) is 0 Å². The van der Waals surface area contributed by atoms with Crippen molar-refractivity contribution >= 4 is 5.91 Å². The first-order chi connectivity index (χ1) is 7.16. The summed E-state index contributed by atoms with van der Waals surface area (Å²) in [7, 11) is 2.06. The fourth-order valence-corrected chi connectivity index (χ4v) is 1.61. The molecule has 0 fully saturated rings. The minimum Gasteiger partial charge on any atom is -0.368 e. The lowest BCUT2D eigenvalue weighted by molar-refractivity contribution is -0.122. The predicted octanol–water partition coefficient (Wildman–Crippen LogP) is 0.946. The third kappa shape index (κ3) is 5.47. The van der Waals surface area contributed by atoms with E-state index in [0.717, 1.165) is 13.0 Å². The van der Waals surface area contributed by atoms with Gasteiger partial charge in [-0.05, 0) is 39.7 Å². The van der Waals surface area contributed by atoms with Crippen LogP contribution in [0.3, 0.4) is 0 Å². The zero-order valence-corrected chi connectivity index (χ0v) is 11.3. The maximum Gasteiger partial charge on any atom is 0.237 e. The van der Waals surface area contributed by atoms with Crippen molar-refractivity contribution in [3.63, 3.8) is 0 Å². The number of rotatable bonds is 7. The Morgan fingerprint density at radius 2 is 1.88 bits per heavy atom. The van der Waals surface area contributed by atoms with Crippen LogP contribution in [0, 0.1) is 5.92 Å². The van der Waals surface area contributed by atoms with Crippen LogP contribution < -0.4 is 11.5 Å². The molecule has 96 valence electrons. The molecule has 16 heavy (non-hydrogen) atoms. The van der Waals surface area contributed by atoms with Crippen LogP contribution in [0.2, 0.25) is 0 Å². The number of nitrogens with zero attached hydrogens (tertiary/aromatic N) is 1. The molecule has 2 atom stereocenters. The molecule has 0 spiro atoms. The van der Waals surface area contributed by atoms with E-state index < -0.39 is 11.4 Å². The highest BCUT2D eigenvalue weighted by Crippen LogP contribution is 2.12. The Labute approximate surface area is 99.4 Å². The lowest BCUT2D eigenvalue weighted by Gasteiger charge is -2.29. The summed E-state index contributed by atoms with van der Waals surface area (Å²) in [6.07, 6.45) is 1.75. The average molecular weight is 229 g/mol. The van der Waals surface area contributed by atoms with E-state index in [4.69, 9.17) is 11.5 Å². The van der Waals surface area contributed by atoms with Gasteiger partial charge in [0.15, 0.2) is 0 Å². The monoisotopic (exact) mass is 229 g/mol. The molecule has 0 heterocycles. The van der Waals surface area contributed by atoms with Gasteiger partial charge in [0.05, 0.1) is 5.54 Å². The summed E-state index contributed by atoms with van der Waals surface area (Å²) in [5.41, 5.74) is 10.1. The third-order valence-electron chi connectivity index (χ3n) is 3.11. The molecule has 0 bridgehead atoms. The van der Waals surface area contributed by atoms with Crippen LogP contribution in [0.5, 0.6) is 0 Å². The minimum absolute atomic E-state index is 0.433. The van der Waals surface area contributed by atoms with Gasteiger partial charge in [-0.15, -0.1) is 0 Å². The molecule has 0 aromatic rings. The van der Waals surface area contributed by atoms with Gasteiger partial charge in [0.25, 0.3) is 0 Å². The summed E-state index contributed by atoms with van der Waals surface area (Å²) in [4.78, 5) is 13.3. The Morgan fingerprint density at radius 3 is 2.25 bits per heavy atom. The quantitative estimate of drug-likeness (QED) is 0.682. The van der Waals surface area contributed by atoms with Gasteiger partial charge in [-0.1, -0.05) is 13.8 Å². The van der Waals surface area contributed by atoms with Crippen molar-refractivity contribution in [2.24, 2.45) is 17.4 Å². The highest BCUT2D eigenvalue weighted by atomic mass is 16.1. The first kappa shape index (κ1) is 15.4. The van der Waals surface area contributed by atoms with E-state index in [-0.39, 0.29) is 0 Å². The van der Waals surface area contributed by atoms with Crippen molar-refractivity contribution < 1.29 is 4.79 Å². The van der Waals surface area contributed by atoms with E-state index in [9.17, 15) is 4.79 Å². The molecule has 0 aromatic carbocycles. The Morgan fingerprint density at radius 1 is 1.38 bits per heavy atom. The molecule has 0 aliphatic carbocycles. The largest absolute Gasteiger partial charge is 0.368 e. The lowest BCUT2D eigenvalue weighted by Crippen LogP contribution is -2.51. The van der Waals surface area contributed by atoms with Crippen LogP contribution in [-0.2, 0) is 4.79 Å². The SMILES string of the molecule is CC(C)CC(C)N(C)CCC(C)(N)C(N)=O. The van der Waals surface area contributed by atoms with Gasteiger partial charge in [0, 0.05) is 12.6 Å². The normalized spacial score (nSPS) is 17.5. The van der Waals surface area contributed by atoms with E-state index in [0.29, 0.717) is 18.4 Å². The van der Waals surface area contributed by atoms with Gasteiger partial charge >= 0.3 is 0 Å². The molecule has 0 saturated carbocycles. The summed E-state index contributed by atoms with van der Waals surface area (Å²) in [6, 6.07) is 0.503. The second-order valence-corrected chi connectivity index (χ2v) is 5.49. The molecule has 1 amide bonds. The number of carbonyl (C=O) groups is 1. The maximum absolute atomic E-state index is 11.1. The zero-order chi connectivity index (χ0) is 12.9. The van der Waals surface area contributed by atoms with Crippen LogP contribution >= 0.6 is 0 Å². The molecule has 0 aromatic heterocycles. The fraction of sp³-hybridized carbons (Fsp3) is 0.917. The molecule has 2 unspecified atom stereocenters. The molecule has 0 radical (unpaired) electrons. The molecule has 0 saturated heterocycles. The first-order valence-electron chi connectivity index (χ1n) is 5.96. The van der Waals surface area contributed by atoms with Crippen LogP contribution in [0.15, 0.2) is 0 Å². The van der Waals surface area contributed by atoms with Crippen LogP contribution in [0.4, 0.5) is 0 Å². The maximum atomic E-state index is 11.1. The van der Waals surface area contributed by atoms with E-state index >= 15 is 0 Å². The van der Waals surface area contributed by atoms with Gasteiger partial charge in [-0.3, -0.25) is 4.79 Å². The van der Waals surface area contributed by atoms with Gasteiger partial charge in [-0.2, -0.15) is 0 Å². The fourth-order valence-electron chi connectivity index (χ4n) is 1.61. The Kier molecular flexibility index (Phi) is 5.97. The van der Waals surface area contributed by atoms with Gasteiger partial charge < -0.3 is 16.4 Å². The van der Waals surface area contributed by atoms with Gasteiger partial charge in [0.2, 0.25) is 5.91 Å². The van der Waals surface area contributed by atoms with Crippen molar-refractivity contribution in [3.05, 3.63) is 0 Å². The molecular formula is C12H27N3O.